The van der Waals surface area contributed by atoms with Crippen LogP contribution in [-0.4, -0.2) is 11.0 Å². The van der Waals surface area contributed by atoms with E-state index in [4.69, 9.17) is 4.42 Å². The quantitative estimate of drug-likeness (QED) is 0.764. The Kier molecular flexibility index (Phi) is 1.93. The lowest BCUT2D eigenvalue weighted by atomic mass is 10.2. The van der Waals surface area contributed by atoms with Gasteiger partial charge in [-0.15, -0.1) is 0 Å². The van der Waals surface area contributed by atoms with Gasteiger partial charge < -0.3 is 9.73 Å². The van der Waals surface area contributed by atoms with Crippen LogP contribution in [-0.2, 0) is 0 Å². The van der Waals surface area contributed by atoms with Crippen LogP contribution in [0.3, 0.4) is 0 Å². The standard InChI is InChI=1S/C10H12N2O/c1-7(2)12-8-3-4-9-10(5-8)13-6-11-9/h3-7,12H,1-2H3. The van der Waals surface area contributed by atoms with Gasteiger partial charge in [-0.1, -0.05) is 0 Å². The van der Waals surface area contributed by atoms with E-state index in [0.717, 1.165) is 16.8 Å². The highest BCUT2D eigenvalue weighted by atomic mass is 16.3. The molecule has 0 saturated carbocycles. The van der Waals surface area contributed by atoms with E-state index in [1.807, 2.05) is 18.2 Å². The fourth-order valence-corrected chi connectivity index (χ4v) is 1.28. The molecule has 0 saturated heterocycles. The Hall–Kier alpha value is -1.51. The summed E-state index contributed by atoms with van der Waals surface area (Å²) < 4.78 is 5.19. The van der Waals surface area contributed by atoms with E-state index in [9.17, 15) is 0 Å². The molecule has 0 bridgehead atoms. The van der Waals surface area contributed by atoms with Crippen LogP contribution < -0.4 is 5.32 Å². The number of fused-ring (bicyclic) bond motifs is 1. The van der Waals surface area contributed by atoms with E-state index in [-0.39, 0.29) is 0 Å². The molecule has 0 unspecified atom stereocenters. The summed E-state index contributed by atoms with van der Waals surface area (Å²) in [6.07, 6.45) is 1.46. The number of aromatic nitrogens is 1. The van der Waals surface area contributed by atoms with Crippen molar-refractivity contribution in [2.24, 2.45) is 0 Å². The first-order valence-electron chi connectivity index (χ1n) is 4.35. The molecule has 1 aromatic heterocycles. The van der Waals surface area contributed by atoms with Crippen molar-refractivity contribution in [3.8, 4) is 0 Å². The first-order valence-corrected chi connectivity index (χ1v) is 4.35. The van der Waals surface area contributed by atoms with E-state index in [0.29, 0.717) is 6.04 Å². The molecule has 1 N–H and O–H groups in total. The molecule has 0 radical (unpaired) electrons. The molecule has 3 heteroatoms. The molecule has 0 amide bonds. The van der Waals surface area contributed by atoms with Gasteiger partial charge in [0.05, 0.1) is 0 Å². The lowest BCUT2D eigenvalue weighted by Crippen LogP contribution is -2.09. The predicted octanol–water partition coefficient (Wildman–Crippen LogP) is 2.65. The highest BCUT2D eigenvalue weighted by Crippen LogP contribution is 2.18. The molecule has 1 aromatic carbocycles. The predicted molar refractivity (Wildman–Crippen MR) is 52.8 cm³/mol. The van der Waals surface area contributed by atoms with Crippen LogP contribution >= 0.6 is 0 Å². The summed E-state index contributed by atoms with van der Waals surface area (Å²) >= 11 is 0. The van der Waals surface area contributed by atoms with Gasteiger partial charge in [0.2, 0.25) is 0 Å². The second kappa shape index (κ2) is 3.09. The Morgan fingerprint density at radius 1 is 1.38 bits per heavy atom. The van der Waals surface area contributed by atoms with Gasteiger partial charge >= 0.3 is 0 Å². The van der Waals surface area contributed by atoms with Crippen LogP contribution in [0.15, 0.2) is 29.0 Å². The second-order valence-electron chi connectivity index (χ2n) is 3.33. The van der Waals surface area contributed by atoms with E-state index in [1.165, 1.54) is 6.39 Å². The maximum atomic E-state index is 5.19. The Morgan fingerprint density at radius 3 is 3.00 bits per heavy atom. The lowest BCUT2D eigenvalue weighted by Gasteiger charge is -2.08. The third-order valence-corrected chi connectivity index (χ3v) is 1.79. The average molecular weight is 176 g/mol. The van der Waals surface area contributed by atoms with E-state index in [1.54, 1.807) is 0 Å². The fraction of sp³-hybridized carbons (Fsp3) is 0.300. The molecule has 0 aliphatic carbocycles. The summed E-state index contributed by atoms with van der Waals surface area (Å²) in [6, 6.07) is 6.34. The zero-order valence-electron chi connectivity index (χ0n) is 7.74. The minimum absolute atomic E-state index is 0.431. The monoisotopic (exact) mass is 176 g/mol. The summed E-state index contributed by atoms with van der Waals surface area (Å²) in [6.45, 7) is 4.20. The molecule has 68 valence electrons. The number of nitrogens with zero attached hydrogens (tertiary/aromatic N) is 1. The maximum Gasteiger partial charge on any atom is 0.181 e. The van der Waals surface area contributed by atoms with Gasteiger partial charge in [0.1, 0.15) is 5.52 Å². The summed E-state index contributed by atoms with van der Waals surface area (Å²) in [5.41, 5.74) is 2.79. The normalized spacial score (nSPS) is 11.0. The van der Waals surface area contributed by atoms with Crippen LogP contribution in [0.25, 0.3) is 11.1 Å². The molecule has 0 atom stereocenters. The van der Waals surface area contributed by atoms with Crippen LogP contribution in [0, 0.1) is 0 Å². The number of hydrogen-bond acceptors (Lipinski definition) is 3. The molecule has 1 heterocycles. The van der Waals surface area contributed by atoms with Crippen molar-refractivity contribution >= 4 is 16.8 Å². The molecular formula is C10H12N2O. The van der Waals surface area contributed by atoms with E-state index >= 15 is 0 Å². The Balaban J connectivity index is 2.37. The van der Waals surface area contributed by atoms with Crippen molar-refractivity contribution in [3.63, 3.8) is 0 Å². The van der Waals surface area contributed by atoms with Crippen molar-refractivity contribution in [3.05, 3.63) is 24.6 Å². The number of benzene rings is 1. The summed E-state index contributed by atoms with van der Waals surface area (Å²) in [5, 5.41) is 3.30. The zero-order valence-corrected chi connectivity index (χ0v) is 7.74. The van der Waals surface area contributed by atoms with Gasteiger partial charge in [0, 0.05) is 17.8 Å². The average Bonchev–Trinajstić information content (AvgIpc) is 2.49. The van der Waals surface area contributed by atoms with Crippen molar-refractivity contribution in [2.45, 2.75) is 19.9 Å². The number of nitrogens with one attached hydrogen (secondary N) is 1. The van der Waals surface area contributed by atoms with Gasteiger partial charge in [-0.2, -0.15) is 0 Å². The fourth-order valence-electron chi connectivity index (χ4n) is 1.28. The number of hydrogen-bond donors (Lipinski definition) is 1. The molecular weight excluding hydrogens is 164 g/mol. The highest BCUT2D eigenvalue weighted by Gasteiger charge is 2.00. The van der Waals surface area contributed by atoms with Crippen molar-refractivity contribution in [1.82, 2.24) is 4.98 Å². The third kappa shape index (κ3) is 1.64. The molecule has 2 aromatic rings. The van der Waals surface area contributed by atoms with Crippen molar-refractivity contribution in [2.75, 3.05) is 5.32 Å². The number of rotatable bonds is 2. The third-order valence-electron chi connectivity index (χ3n) is 1.79. The van der Waals surface area contributed by atoms with E-state index in [2.05, 4.69) is 24.1 Å². The zero-order chi connectivity index (χ0) is 9.26. The summed E-state index contributed by atoms with van der Waals surface area (Å²) in [4.78, 5) is 4.04. The molecule has 0 spiro atoms. The number of anilines is 1. The van der Waals surface area contributed by atoms with Crippen LogP contribution in [0.4, 0.5) is 5.69 Å². The minimum Gasteiger partial charge on any atom is -0.443 e. The molecule has 0 aliphatic rings. The second-order valence-corrected chi connectivity index (χ2v) is 3.33. The minimum atomic E-state index is 0.431. The summed E-state index contributed by atoms with van der Waals surface area (Å²) in [7, 11) is 0. The molecule has 2 rings (SSSR count). The van der Waals surface area contributed by atoms with Crippen LogP contribution in [0.5, 0.6) is 0 Å². The van der Waals surface area contributed by atoms with Gasteiger partial charge in [0.15, 0.2) is 12.0 Å². The van der Waals surface area contributed by atoms with Gasteiger partial charge in [-0.25, -0.2) is 4.98 Å². The van der Waals surface area contributed by atoms with Gasteiger partial charge in [0.25, 0.3) is 0 Å². The van der Waals surface area contributed by atoms with Crippen molar-refractivity contribution in [1.29, 1.82) is 0 Å². The maximum absolute atomic E-state index is 5.19. The van der Waals surface area contributed by atoms with Crippen molar-refractivity contribution < 1.29 is 4.42 Å². The molecule has 0 fully saturated rings. The largest absolute Gasteiger partial charge is 0.443 e. The Bertz CT molecular complexity index is 406. The lowest BCUT2D eigenvalue weighted by molar-refractivity contribution is 0.602. The summed E-state index contributed by atoms with van der Waals surface area (Å²) in [5.74, 6) is 0. The first-order chi connectivity index (χ1) is 6.25. The van der Waals surface area contributed by atoms with Crippen LogP contribution in [0.2, 0.25) is 0 Å². The smallest absolute Gasteiger partial charge is 0.181 e. The Morgan fingerprint density at radius 2 is 2.23 bits per heavy atom. The molecule has 3 nitrogen and oxygen atoms in total. The van der Waals surface area contributed by atoms with E-state index < -0.39 is 0 Å². The topological polar surface area (TPSA) is 38.1 Å². The number of oxazole rings is 1. The Labute approximate surface area is 76.8 Å². The highest BCUT2D eigenvalue weighted by molar-refractivity contribution is 5.76. The molecule has 0 aliphatic heterocycles. The first kappa shape index (κ1) is 8.10. The SMILES string of the molecule is CC(C)Nc1ccc2ncoc2c1. The van der Waals surface area contributed by atoms with Crippen LogP contribution in [0.1, 0.15) is 13.8 Å². The van der Waals surface area contributed by atoms with Gasteiger partial charge in [-0.3, -0.25) is 0 Å². The molecule has 13 heavy (non-hydrogen) atoms. The van der Waals surface area contributed by atoms with Gasteiger partial charge in [-0.05, 0) is 26.0 Å².